The molecule has 0 bridgehead atoms. The van der Waals surface area contributed by atoms with Crippen LogP contribution in [0.5, 0.6) is 0 Å². The Morgan fingerprint density at radius 3 is 2.74 bits per heavy atom. The number of rotatable bonds is 5. The van der Waals surface area contributed by atoms with Gasteiger partial charge in [0.25, 0.3) is 5.91 Å². The van der Waals surface area contributed by atoms with Gasteiger partial charge >= 0.3 is 5.97 Å². The maximum atomic E-state index is 12.1. The summed E-state index contributed by atoms with van der Waals surface area (Å²) >= 11 is 0. The Hall–Kier alpha value is -2.17. The van der Waals surface area contributed by atoms with Gasteiger partial charge in [0.2, 0.25) is 0 Å². The summed E-state index contributed by atoms with van der Waals surface area (Å²) in [6.07, 6.45) is 4.64. The Labute approximate surface area is 112 Å². The predicted molar refractivity (Wildman–Crippen MR) is 72.7 cm³/mol. The summed E-state index contributed by atoms with van der Waals surface area (Å²) in [6, 6.07) is 3.31. The van der Waals surface area contributed by atoms with E-state index in [1.807, 2.05) is 20.8 Å². The number of aliphatic carboxylic acids is 1. The van der Waals surface area contributed by atoms with Crippen molar-refractivity contribution in [2.45, 2.75) is 32.7 Å². The number of carboxylic acids is 1. The van der Waals surface area contributed by atoms with Gasteiger partial charge < -0.3 is 10.4 Å². The number of aromatic nitrogens is 1. The van der Waals surface area contributed by atoms with Gasteiger partial charge in [0.15, 0.2) is 0 Å². The third-order valence-corrected chi connectivity index (χ3v) is 2.80. The number of carboxylic acid groups (broad SMARTS) is 1. The van der Waals surface area contributed by atoms with Gasteiger partial charge in [0.1, 0.15) is 5.69 Å². The lowest BCUT2D eigenvalue weighted by atomic mass is 10.0. The summed E-state index contributed by atoms with van der Waals surface area (Å²) in [4.78, 5) is 26.7. The molecule has 1 rings (SSSR count). The molecule has 1 amide bonds. The molecule has 0 saturated carbocycles. The molecule has 0 spiro atoms. The number of carbonyl (C=O) groups is 2. The lowest BCUT2D eigenvalue weighted by molar-refractivity contribution is -0.131. The van der Waals surface area contributed by atoms with Crippen LogP contribution in [0.3, 0.4) is 0 Å². The minimum absolute atomic E-state index is 0.224. The first-order chi connectivity index (χ1) is 8.85. The van der Waals surface area contributed by atoms with E-state index in [0.717, 1.165) is 12.5 Å². The number of pyridine rings is 1. The minimum Gasteiger partial charge on any atom is -0.478 e. The Morgan fingerprint density at radius 1 is 1.47 bits per heavy atom. The highest BCUT2D eigenvalue weighted by Crippen LogP contribution is 2.12. The molecule has 0 radical (unpaired) electrons. The average molecular weight is 262 g/mol. The SMILES string of the molecule is CCC(C)(C)NC(=O)c1ncccc1/C=C/C(=O)O. The second kappa shape index (κ2) is 6.13. The maximum Gasteiger partial charge on any atom is 0.328 e. The van der Waals surface area contributed by atoms with Crippen LogP contribution in [0.15, 0.2) is 24.4 Å². The van der Waals surface area contributed by atoms with Crippen molar-refractivity contribution in [1.82, 2.24) is 10.3 Å². The maximum absolute atomic E-state index is 12.1. The van der Waals surface area contributed by atoms with Crippen molar-refractivity contribution in [1.29, 1.82) is 0 Å². The molecule has 5 nitrogen and oxygen atoms in total. The summed E-state index contributed by atoms with van der Waals surface area (Å²) in [5.41, 5.74) is 0.374. The number of nitrogens with zero attached hydrogens (tertiary/aromatic N) is 1. The highest BCUT2D eigenvalue weighted by molar-refractivity contribution is 5.97. The molecule has 0 unspecified atom stereocenters. The van der Waals surface area contributed by atoms with E-state index in [2.05, 4.69) is 10.3 Å². The fourth-order valence-corrected chi connectivity index (χ4v) is 1.36. The molecular weight excluding hydrogens is 244 g/mol. The lowest BCUT2D eigenvalue weighted by Gasteiger charge is -2.24. The summed E-state index contributed by atoms with van der Waals surface area (Å²) in [5.74, 6) is -1.37. The van der Waals surface area contributed by atoms with E-state index in [9.17, 15) is 9.59 Å². The van der Waals surface area contributed by atoms with Gasteiger partial charge in [-0.25, -0.2) is 4.79 Å². The van der Waals surface area contributed by atoms with Crippen molar-refractivity contribution < 1.29 is 14.7 Å². The van der Waals surface area contributed by atoms with E-state index in [1.54, 1.807) is 12.1 Å². The zero-order valence-corrected chi connectivity index (χ0v) is 11.3. The molecule has 0 aliphatic rings. The summed E-state index contributed by atoms with van der Waals surface area (Å²) < 4.78 is 0. The zero-order valence-electron chi connectivity index (χ0n) is 11.3. The summed E-state index contributed by atoms with van der Waals surface area (Å²) in [6.45, 7) is 5.81. The second-order valence-electron chi connectivity index (χ2n) is 4.80. The van der Waals surface area contributed by atoms with E-state index < -0.39 is 5.97 Å². The van der Waals surface area contributed by atoms with Crippen LogP contribution >= 0.6 is 0 Å². The molecule has 1 aromatic rings. The van der Waals surface area contributed by atoms with Gasteiger partial charge in [-0.2, -0.15) is 0 Å². The topological polar surface area (TPSA) is 79.3 Å². The molecule has 1 aromatic heterocycles. The molecule has 0 atom stereocenters. The predicted octanol–water partition coefficient (Wildman–Crippen LogP) is 2.10. The molecule has 102 valence electrons. The molecule has 0 aliphatic carbocycles. The first-order valence-corrected chi connectivity index (χ1v) is 6.04. The first-order valence-electron chi connectivity index (χ1n) is 6.04. The molecule has 2 N–H and O–H groups in total. The van der Waals surface area contributed by atoms with Crippen molar-refractivity contribution in [2.24, 2.45) is 0 Å². The first kappa shape index (κ1) is 14.9. The van der Waals surface area contributed by atoms with Gasteiger partial charge in [0, 0.05) is 23.4 Å². The summed E-state index contributed by atoms with van der Waals surface area (Å²) in [5, 5.41) is 11.5. The number of amides is 1. The smallest absolute Gasteiger partial charge is 0.328 e. The Morgan fingerprint density at radius 2 is 2.16 bits per heavy atom. The average Bonchev–Trinajstić information content (AvgIpc) is 2.36. The number of hydrogen-bond acceptors (Lipinski definition) is 3. The molecule has 5 heteroatoms. The minimum atomic E-state index is -1.07. The van der Waals surface area contributed by atoms with E-state index in [4.69, 9.17) is 5.11 Å². The third kappa shape index (κ3) is 4.54. The molecule has 0 aliphatic heterocycles. The fourth-order valence-electron chi connectivity index (χ4n) is 1.36. The number of nitrogens with one attached hydrogen (secondary N) is 1. The van der Waals surface area contributed by atoms with Crippen LogP contribution in [0.1, 0.15) is 43.2 Å². The van der Waals surface area contributed by atoms with Gasteiger partial charge in [-0.1, -0.05) is 13.0 Å². The van der Waals surface area contributed by atoms with E-state index in [1.165, 1.54) is 12.3 Å². The molecule has 19 heavy (non-hydrogen) atoms. The molecular formula is C14H18N2O3. The van der Waals surface area contributed by atoms with Crippen LogP contribution < -0.4 is 5.32 Å². The Bertz CT molecular complexity index is 507. The number of carbonyl (C=O) groups excluding carboxylic acids is 1. The third-order valence-electron chi connectivity index (χ3n) is 2.80. The standard InChI is InChI=1S/C14H18N2O3/c1-4-14(2,3)16-13(19)12-10(6-5-9-15-12)7-8-11(17)18/h5-9H,4H2,1-3H3,(H,16,19)(H,17,18)/b8-7+. The quantitative estimate of drug-likeness (QED) is 0.796. The van der Waals surface area contributed by atoms with Gasteiger partial charge in [-0.05, 0) is 32.4 Å². The molecule has 0 aromatic carbocycles. The van der Waals surface area contributed by atoms with E-state index in [-0.39, 0.29) is 17.1 Å². The van der Waals surface area contributed by atoms with Crippen LogP contribution in [0, 0.1) is 0 Å². The highest BCUT2D eigenvalue weighted by atomic mass is 16.4. The van der Waals surface area contributed by atoms with Crippen molar-refractivity contribution in [3.05, 3.63) is 35.7 Å². The van der Waals surface area contributed by atoms with Crippen molar-refractivity contribution in [3.63, 3.8) is 0 Å². The van der Waals surface area contributed by atoms with Crippen molar-refractivity contribution >= 4 is 18.0 Å². The van der Waals surface area contributed by atoms with Crippen LogP contribution in [0.25, 0.3) is 6.08 Å². The van der Waals surface area contributed by atoms with Gasteiger partial charge in [-0.3, -0.25) is 9.78 Å². The van der Waals surface area contributed by atoms with E-state index >= 15 is 0 Å². The molecule has 0 fully saturated rings. The van der Waals surface area contributed by atoms with Crippen LogP contribution in [-0.4, -0.2) is 27.5 Å². The Kier molecular flexibility index (Phi) is 4.80. The van der Waals surface area contributed by atoms with Gasteiger partial charge in [-0.15, -0.1) is 0 Å². The van der Waals surface area contributed by atoms with E-state index in [0.29, 0.717) is 5.56 Å². The molecule has 0 saturated heterocycles. The number of hydrogen-bond donors (Lipinski definition) is 2. The largest absolute Gasteiger partial charge is 0.478 e. The second-order valence-corrected chi connectivity index (χ2v) is 4.80. The van der Waals surface area contributed by atoms with Crippen molar-refractivity contribution in [3.8, 4) is 0 Å². The monoisotopic (exact) mass is 262 g/mol. The fraction of sp³-hybridized carbons (Fsp3) is 0.357. The van der Waals surface area contributed by atoms with Crippen LogP contribution in [-0.2, 0) is 4.79 Å². The lowest BCUT2D eigenvalue weighted by Crippen LogP contribution is -2.43. The zero-order chi connectivity index (χ0) is 14.5. The van der Waals surface area contributed by atoms with Crippen LogP contribution in [0.2, 0.25) is 0 Å². The van der Waals surface area contributed by atoms with Crippen molar-refractivity contribution in [2.75, 3.05) is 0 Å². The summed E-state index contributed by atoms with van der Waals surface area (Å²) in [7, 11) is 0. The molecule has 1 heterocycles. The Balaban J connectivity index is 3.00. The highest BCUT2D eigenvalue weighted by Gasteiger charge is 2.20. The normalized spacial score (nSPS) is 11.5. The van der Waals surface area contributed by atoms with Crippen LogP contribution in [0.4, 0.5) is 0 Å². The van der Waals surface area contributed by atoms with Gasteiger partial charge in [0.05, 0.1) is 0 Å².